The van der Waals surface area contributed by atoms with Crippen molar-refractivity contribution in [2.24, 2.45) is 5.92 Å². The van der Waals surface area contributed by atoms with Gasteiger partial charge in [0.25, 0.3) is 0 Å². The van der Waals surface area contributed by atoms with Gasteiger partial charge in [-0.05, 0) is 32.6 Å². The highest BCUT2D eigenvalue weighted by Crippen LogP contribution is 2.40. The van der Waals surface area contributed by atoms with Crippen molar-refractivity contribution in [1.82, 2.24) is 9.97 Å². The van der Waals surface area contributed by atoms with E-state index in [1.165, 1.54) is 12.8 Å². The van der Waals surface area contributed by atoms with Gasteiger partial charge in [0, 0.05) is 18.0 Å². The van der Waals surface area contributed by atoms with E-state index in [0.717, 1.165) is 24.0 Å². The minimum absolute atomic E-state index is 0.103. The lowest BCUT2D eigenvalue weighted by Gasteiger charge is -2.27. The molecule has 1 aliphatic carbocycles. The number of anilines is 2. The van der Waals surface area contributed by atoms with Crippen molar-refractivity contribution in [3.05, 3.63) is 11.9 Å². The minimum atomic E-state index is 0.103. The van der Waals surface area contributed by atoms with Gasteiger partial charge in [0.1, 0.15) is 17.5 Å². The summed E-state index contributed by atoms with van der Waals surface area (Å²) in [6.45, 7) is 6.47. The average molecular weight is 220 g/mol. The molecular formula is C12H20N4. The van der Waals surface area contributed by atoms with Crippen molar-refractivity contribution < 1.29 is 0 Å². The number of nitrogens with two attached hydrogens (primary N) is 1. The average Bonchev–Trinajstić information content (AvgIpc) is 2.98. The molecule has 1 aliphatic rings. The first-order valence-electron chi connectivity index (χ1n) is 5.93. The zero-order chi connectivity index (χ0) is 11.8. The molecule has 1 fully saturated rings. The van der Waals surface area contributed by atoms with Crippen LogP contribution in [0.1, 0.15) is 39.4 Å². The molecule has 1 aromatic heterocycles. The molecule has 2 rings (SSSR count). The number of nitrogens with one attached hydrogen (secondary N) is 1. The standard InChI is InChI=1S/C12H20N4/c1-4-10-14-9(13)7-11(15-10)16-12(2,3)8-5-6-8/h7-8H,4-6H2,1-3H3,(H3,13,14,15,16). The Kier molecular flexibility index (Phi) is 2.74. The Morgan fingerprint density at radius 2 is 2.12 bits per heavy atom. The second-order valence-electron chi connectivity index (χ2n) is 5.07. The van der Waals surface area contributed by atoms with Crippen molar-refractivity contribution in [3.63, 3.8) is 0 Å². The molecule has 0 aromatic carbocycles. The fraction of sp³-hybridized carbons (Fsp3) is 0.667. The molecule has 88 valence electrons. The van der Waals surface area contributed by atoms with Gasteiger partial charge < -0.3 is 11.1 Å². The van der Waals surface area contributed by atoms with E-state index in [9.17, 15) is 0 Å². The Bertz CT molecular complexity index is 383. The van der Waals surface area contributed by atoms with Crippen molar-refractivity contribution in [2.45, 2.75) is 45.6 Å². The van der Waals surface area contributed by atoms with Crippen LogP contribution in [0.2, 0.25) is 0 Å². The van der Waals surface area contributed by atoms with Gasteiger partial charge in [0.2, 0.25) is 0 Å². The van der Waals surface area contributed by atoms with E-state index in [2.05, 4.69) is 29.1 Å². The van der Waals surface area contributed by atoms with Crippen molar-refractivity contribution >= 4 is 11.6 Å². The summed E-state index contributed by atoms with van der Waals surface area (Å²) >= 11 is 0. The molecular weight excluding hydrogens is 200 g/mol. The van der Waals surface area contributed by atoms with Crippen LogP contribution >= 0.6 is 0 Å². The molecule has 0 spiro atoms. The monoisotopic (exact) mass is 220 g/mol. The number of hydrogen-bond acceptors (Lipinski definition) is 4. The number of aromatic nitrogens is 2. The molecule has 16 heavy (non-hydrogen) atoms. The van der Waals surface area contributed by atoms with E-state index in [-0.39, 0.29) is 5.54 Å². The van der Waals surface area contributed by atoms with Crippen LogP contribution in [0, 0.1) is 5.92 Å². The van der Waals surface area contributed by atoms with Crippen molar-refractivity contribution in [3.8, 4) is 0 Å². The molecule has 1 heterocycles. The maximum Gasteiger partial charge on any atom is 0.132 e. The normalized spacial score (nSPS) is 16.2. The summed E-state index contributed by atoms with van der Waals surface area (Å²) in [5.74, 6) is 2.95. The highest BCUT2D eigenvalue weighted by atomic mass is 15.1. The van der Waals surface area contributed by atoms with E-state index in [0.29, 0.717) is 5.82 Å². The number of hydrogen-bond donors (Lipinski definition) is 2. The Hall–Kier alpha value is -1.32. The SMILES string of the molecule is CCc1nc(N)cc(NC(C)(C)C2CC2)n1. The van der Waals surface area contributed by atoms with E-state index in [1.807, 2.05) is 13.0 Å². The van der Waals surface area contributed by atoms with Gasteiger partial charge in [-0.25, -0.2) is 9.97 Å². The maximum atomic E-state index is 5.75. The molecule has 0 radical (unpaired) electrons. The van der Waals surface area contributed by atoms with Crippen LogP contribution in [0.15, 0.2) is 6.07 Å². The van der Waals surface area contributed by atoms with Gasteiger partial charge >= 0.3 is 0 Å². The van der Waals surface area contributed by atoms with Crippen molar-refractivity contribution in [2.75, 3.05) is 11.1 Å². The molecule has 0 amide bonds. The fourth-order valence-corrected chi connectivity index (χ4v) is 1.98. The molecule has 0 atom stereocenters. The second kappa shape index (κ2) is 3.92. The largest absolute Gasteiger partial charge is 0.384 e. The predicted molar refractivity (Wildman–Crippen MR) is 66.2 cm³/mol. The number of nitrogen functional groups attached to an aromatic ring is 1. The summed E-state index contributed by atoms with van der Waals surface area (Å²) in [6.07, 6.45) is 3.42. The van der Waals surface area contributed by atoms with E-state index < -0.39 is 0 Å². The van der Waals surface area contributed by atoms with Gasteiger partial charge in [0.05, 0.1) is 0 Å². The first-order chi connectivity index (χ1) is 7.51. The van der Waals surface area contributed by atoms with Gasteiger partial charge in [-0.1, -0.05) is 6.92 Å². The van der Waals surface area contributed by atoms with Gasteiger partial charge in [-0.2, -0.15) is 0 Å². The van der Waals surface area contributed by atoms with Crippen molar-refractivity contribution in [1.29, 1.82) is 0 Å². The summed E-state index contributed by atoms with van der Waals surface area (Å²) in [5.41, 5.74) is 5.86. The number of nitrogens with zero attached hydrogens (tertiary/aromatic N) is 2. The van der Waals surface area contributed by atoms with E-state index >= 15 is 0 Å². The van der Waals surface area contributed by atoms with Crippen LogP contribution in [0.5, 0.6) is 0 Å². The lowest BCUT2D eigenvalue weighted by Crippen LogP contribution is -2.33. The predicted octanol–water partition coefficient (Wildman–Crippen LogP) is 2.22. The lowest BCUT2D eigenvalue weighted by atomic mass is 9.99. The highest BCUT2D eigenvalue weighted by Gasteiger charge is 2.37. The van der Waals surface area contributed by atoms with Crippen LogP contribution in [0.3, 0.4) is 0 Å². The van der Waals surface area contributed by atoms with Crippen LogP contribution in [-0.4, -0.2) is 15.5 Å². The van der Waals surface area contributed by atoms with E-state index in [1.54, 1.807) is 0 Å². The third-order valence-corrected chi connectivity index (χ3v) is 3.16. The Labute approximate surface area is 96.7 Å². The fourth-order valence-electron chi connectivity index (χ4n) is 1.98. The molecule has 1 saturated carbocycles. The second-order valence-corrected chi connectivity index (χ2v) is 5.07. The van der Waals surface area contributed by atoms with E-state index in [4.69, 9.17) is 5.73 Å². The molecule has 4 nitrogen and oxygen atoms in total. The third kappa shape index (κ3) is 2.43. The summed E-state index contributed by atoms with van der Waals surface area (Å²) < 4.78 is 0. The smallest absolute Gasteiger partial charge is 0.132 e. The van der Waals surface area contributed by atoms with Crippen LogP contribution in [-0.2, 0) is 6.42 Å². The Balaban J connectivity index is 2.16. The molecule has 0 bridgehead atoms. The Morgan fingerprint density at radius 3 is 2.69 bits per heavy atom. The van der Waals surface area contributed by atoms with Gasteiger partial charge in [0.15, 0.2) is 0 Å². The molecule has 0 unspecified atom stereocenters. The minimum Gasteiger partial charge on any atom is -0.384 e. The molecule has 0 aliphatic heterocycles. The zero-order valence-electron chi connectivity index (χ0n) is 10.2. The number of aryl methyl sites for hydroxylation is 1. The molecule has 4 heteroatoms. The summed E-state index contributed by atoms with van der Waals surface area (Å²) in [4.78, 5) is 8.61. The summed E-state index contributed by atoms with van der Waals surface area (Å²) in [7, 11) is 0. The quantitative estimate of drug-likeness (QED) is 0.816. The maximum absolute atomic E-state index is 5.75. The Morgan fingerprint density at radius 1 is 1.44 bits per heavy atom. The molecule has 3 N–H and O–H groups in total. The number of rotatable bonds is 4. The summed E-state index contributed by atoms with van der Waals surface area (Å²) in [6, 6.07) is 1.81. The van der Waals surface area contributed by atoms with Crippen LogP contribution < -0.4 is 11.1 Å². The highest BCUT2D eigenvalue weighted by molar-refractivity contribution is 5.46. The molecule has 1 aromatic rings. The molecule has 0 saturated heterocycles. The van der Waals surface area contributed by atoms with Gasteiger partial charge in [-0.15, -0.1) is 0 Å². The van der Waals surface area contributed by atoms with Crippen LogP contribution in [0.4, 0.5) is 11.6 Å². The lowest BCUT2D eigenvalue weighted by molar-refractivity contribution is 0.492. The topological polar surface area (TPSA) is 63.8 Å². The summed E-state index contributed by atoms with van der Waals surface area (Å²) in [5, 5.41) is 3.46. The van der Waals surface area contributed by atoms with Gasteiger partial charge in [-0.3, -0.25) is 0 Å². The third-order valence-electron chi connectivity index (χ3n) is 3.16. The first-order valence-corrected chi connectivity index (χ1v) is 5.93. The zero-order valence-corrected chi connectivity index (χ0v) is 10.2. The first kappa shape index (κ1) is 11.2. The van der Waals surface area contributed by atoms with Crippen LogP contribution in [0.25, 0.3) is 0 Å².